The molecule has 0 spiro atoms. The molecule has 3 N–H and O–H groups in total. The molecule has 0 heterocycles. The van der Waals surface area contributed by atoms with Crippen LogP contribution in [0.15, 0.2) is 35.0 Å². The Morgan fingerprint density at radius 2 is 2.14 bits per heavy atom. The maximum Gasteiger partial charge on any atom is 0.202 e. The summed E-state index contributed by atoms with van der Waals surface area (Å²) in [7, 11) is 1.47. The molecular formula is C15H17N3O4. The van der Waals surface area contributed by atoms with Gasteiger partial charge >= 0.3 is 0 Å². The standard InChI is InChI=1S/C15H17N3O4/c1-3-18(21)12-8-13(19)11(7-14(12)20)17-10-5-4-9(16)6-15(10)22-2/h4-6,8,21H,3,7,16H2,1-2H3. The van der Waals surface area contributed by atoms with Crippen molar-refractivity contribution in [1.82, 2.24) is 5.06 Å². The van der Waals surface area contributed by atoms with Gasteiger partial charge in [-0.15, -0.1) is 0 Å². The molecule has 0 amide bonds. The first-order chi connectivity index (χ1) is 10.5. The number of likely N-dealkylation sites (N-methyl/N-ethyl adjacent to an activating group) is 1. The molecule has 0 fully saturated rings. The number of hydrogen-bond acceptors (Lipinski definition) is 7. The van der Waals surface area contributed by atoms with Gasteiger partial charge in [0, 0.05) is 24.4 Å². The van der Waals surface area contributed by atoms with Gasteiger partial charge in [-0.05, 0) is 19.1 Å². The number of aliphatic imine (C=N–C) groups is 1. The van der Waals surface area contributed by atoms with Crippen LogP contribution in [0.25, 0.3) is 0 Å². The van der Waals surface area contributed by atoms with Crippen LogP contribution in [0.3, 0.4) is 0 Å². The highest BCUT2D eigenvalue weighted by Gasteiger charge is 2.27. The monoisotopic (exact) mass is 303 g/mol. The molecule has 0 bridgehead atoms. The summed E-state index contributed by atoms with van der Waals surface area (Å²) in [6.07, 6.45) is 0.924. The van der Waals surface area contributed by atoms with Crippen LogP contribution in [0.4, 0.5) is 11.4 Å². The van der Waals surface area contributed by atoms with E-state index in [0.717, 1.165) is 11.1 Å². The molecule has 1 aliphatic carbocycles. The van der Waals surface area contributed by atoms with Gasteiger partial charge in [-0.2, -0.15) is 0 Å². The number of hydrogen-bond donors (Lipinski definition) is 2. The fraction of sp³-hybridized carbons (Fsp3) is 0.267. The maximum atomic E-state index is 12.1. The number of rotatable bonds is 4. The molecule has 0 saturated heterocycles. The Hall–Kier alpha value is -2.67. The lowest BCUT2D eigenvalue weighted by Gasteiger charge is -2.20. The number of methoxy groups -OCH3 is 1. The number of hydroxylamine groups is 2. The van der Waals surface area contributed by atoms with Crippen molar-refractivity contribution in [3.05, 3.63) is 30.0 Å². The highest BCUT2D eigenvalue weighted by Crippen LogP contribution is 2.30. The summed E-state index contributed by atoms with van der Waals surface area (Å²) in [5.74, 6) is -0.363. The van der Waals surface area contributed by atoms with Gasteiger partial charge in [0.1, 0.15) is 17.1 Å². The molecule has 0 aromatic heterocycles. The van der Waals surface area contributed by atoms with Crippen molar-refractivity contribution in [2.24, 2.45) is 4.99 Å². The number of anilines is 1. The van der Waals surface area contributed by atoms with E-state index in [2.05, 4.69) is 4.99 Å². The third-order valence-corrected chi connectivity index (χ3v) is 3.20. The maximum absolute atomic E-state index is 12.1. The molecule has 2 rings (SSSR count). The van der Waals surface area contributed by atoms with Crippen LogP contribution in [0.5, 0.6) is 5.75 Å². The van der Waals surface area contributed by atoms with Gasteiger partial charge in [-0.25, -0.2) is 4.99 Å². The largest absolute Gasteiger partial charge is 0.494 e. The lowest BCUT2D eigenvalue weighted by molar-refractivity contribution is -0.125. The average Bonchev–Trinajstić information content (AvgIpc) is 2.51. The zero-order valence-corrected chi connectivity index (χ0v) is 12.4. The van der Waals surface area contributed by atoms with Crippen molar-refractivity contribution in [3.8, 4) is 5.75 Å². The van der Waals surface area contributed by atoms with Gasteiger partial charge in [0.25, 0.3) is 0 Å². The minimum atomic E-state index is -0.416. The molecule has 0 atom stereocenters. The number of benzene rings is 1. The second kappa shape index (κ2) is 6.40. The van der Waals surface area contributed by atoms with Crippen molar-refractivity contribution in [2.45, 2.75) is 13.3 Å². The van der Waals surface area contributed by atoms with Gasteiger partial charge in [0.05, 0.1) is 19.2 Å². The molecule has 0 saturated carbocycles. The van der Waals surface area contributed by atoms with Gasteiger partial charge in [0.15, 0.2) is 5.78 Å². The lowest BCUT2D eigenvalue weighted by atomic mass is 9.99. The Balaban J connectivity index is 2.37. The number of carbonyl (C=O) groups excluding carboxylic acids is 2. The molecule has 0 aliphatic heterocycles. The molecule has 0 unspecified atom stereocenters. The van der Waals surface area contributed by atoms with Crippen molar-refractivity contribution >= 4 is 28.7 Å². The van der Waals surface area contributed by atoms with E-state index < -0.39 is 5.78 Å². The van der Waals surface area contributed by atoms with Crippen molar-refractivity contribution in [2.75, 3.05) is 19.4 Å². The molecule has 1 aromatic carbocycles. The first kappa shape index (κ1) is 15.7. The van der Waals surface area contributed by atoms with Gasteiger partial charge in [-0.1, -0.05) is 0 Å². The number of Topliss-reactive ketones (excluding diaryl/α,β-unsaturated/α-hetero) is 1. The third-order valence-electron chi connectivity index (χ3n) is 3.20. The molecule has 7 heteroatoms. The van der Waals surface area contributed by atoms with Gasteiger partial charge in [0.2, 0.25) is 5.78 Å². The molecule has 116 valence electrons. The second-order valence-corrected chi connectivity index (χ2v) is 4.70. The Kier molecular flexibility index (Phi) is 4.57. The van der Waals surface area contributed by atoms with Gasteiger partial charge in [-0.3, -0.25) is 19.9 Å². The highest BCUT2D eigenvalue weighted by atomic mass is 16.5. The number of nitrogens with two attached hydrogens (primary N) is 1. The Morgan fingerprint density at radius 3 is 2.77 bits per heavy atom. The van der Waals surface area contributed by atoms with Crippen LogP contribution in [-0.2, 0) is 9.59 Å². The summed E-state index contributed by atoms with van der Waals surface area (Å²) in [4.78, 5) is 28.3. The third kappa shape index (κ3) is 3.15. The summed E-state index contributed by atoms with van der Waals surface area (Å²) in [6.45, 7) is 1.88. The first-order valence-electron chi connectivity index (χ1n) is 6.73. The average molecular weight is 303 g/mol. The number of nitrogens with zero attached hydrogens (tertiary/aromatic N) is 2. The molecule has 1 aromatic rings. The van der Waals surface area contributed by atoms with E-state index in [-0.39, 0.29) is 30.2 Å². The highest BCUT2D eigenvalue weighted by molar-refractivity contribution is 6.50. The quantitative estimate of drug-likeness (QED) is 0.645. The number of ether oxygens (including phenoxy) is 1. The number of allylic oxidation sites excluding steroid dienone is 2. The zero-order valence-electron chi connectivity index (χ0n) is 12.4. The topological polar surface area (TPSA) is 105 Å². The Morgan fingerprint density at radius 1 is 1.41 bits per heavy atom. The van der Waals surface area contributed by atoms with E-state index in [4.69, 9.17) is 10.5 Å². The minimum absolute atomic E-state index is 0.0179. The van der Waals surface area contributed by atoms with Crippen molar-refractivity contribution in [3.63, 3.8) is 0 Å². The number of ketones is 2. The van der Waals surface area contributed by atoms with E-state index in [1.807, 2.05) is 0 Å². The van der Waals surface area contributed by atoms with E-state index in [1.54, 1.807) is 25.1 Å². The minimum Gasteiger partial charge on any atom is -0.494 e. The van der Waals surface area contributed by atoms with Crippen LogP contribution in [0.1, 0.15) is 13.3 Å². The predicted octanol–water partition coefficient (Wildman–Crippen LogP) is 1.49. The normalized spacial score (nSPS) is 16.7. The first-order valence-corrected chi connectivity index (χ1v) is 6.73. The predicted molar refractivity (Wildman–Crippen MR) is 81.4 cm³/mol. The fourth-order valence-corrected chi connectivity index (χ4v) is 2.03. The van der Waals surface area contributed by atoms with Crippen LogP contribution < -0.4 is 10.5 Å². The van der Waals surface area contributed by atoms with Crippen LogP contribution in [0, 0.1) is 0 Å². The zero-order chi connectivity index (χ0) is 16.3. The van der Waals surface area contributed by atoms with Gasteiger partial charge < -0.3 is 10.5 Å². The smallest absolute Gasteiger partial charge is 0.202 e. The van der Waals surface area contributed by atoms with Crippen molar-refractivity contribution in [1.29, 1.82) is 0 Å². The van der Waals surface area contributed by atoms with Crippen LogP contribution >= 0.6 is 0 Å². The summed E-state index contributed by atoms with van der Waals surface area (Å²) in [6, 6.07) is 4.83. The summed E-state index contributed by atoms with van der Waals surface area (Å²) in [5.41, 5.74) is 6.67. The van der Waals surface area contributed by atoms with E-state index in [0.29, 0.717) is 17.1 Å². The summed E-state index contributed by atoms with van der Waals surface area (Å²) in [5, 5.41) is 10.3. The molecular weight excluding hydrogens is 286 g/mol. The molecule has 22 heavy (non-hydrogen) atoms. The van der Waals surface area contributed by atoms with Crippen LogP contribution in [-0.4, -0.2) is 41.2 Å². The summed E-state index contributed by atoms with van der Waals surface area (Å²) < 4.78 is 5.16. The number of carbonyl (C=O) groups is 2. The summed E-state index contributed by atoms with van der Waals surface area (Å²) >= 11 is 0. The number of nitrogen functional groups attached to an aromatic ring is 1. The SMILES string of the molecule is CCN(O)C1=CC(=O)C(=Nc2ccc(N)cc2OC)CC1=O. The molecule has 0 radical (unpaired) electrons. The van der Waals surface area contributed by atoms with E-state index in [9.17, 15) is 14.8 Å². The van der Waals surface area contributed by atoms with Crippen molar-refractivity contribution < 1.29 is 19.5 Å². The molecule has 1 aliphatic rings. The van der Waals surface area contributed by atoms with E-state index in [1.165, 1.54) is 7.11 Å². The lowest BCUT2D eigenvalue weighted by Crippen LogP contribution is -2.32. The fourth-order valence-electron chi connectivity index (χ4n) is 2.03. The Labute approximate surface area is 127 Å². The Bertz CT molecular complexity index is 679. The second-order valence-electron chi connectivity index (χ2n) is 4.70. The van der Waals surface area contributed by atoms with Crippen LogP contribution in [0.2, 0.25) is 0 Å². The molecule has 7 nitrogen and oxygen atoms in total. The van der Waals surface area contributed by atoms with E-state index >= 15 is 0 Å².